The van der Waals surface area contributed by atoms with E-state index in [1.54, 1.807) is 26.0 Å². The SMILES string of the molecule is CCS(=O)(=O)CCNc1ccc(C(=O)O)cc1C. The fraction of sp³-hybridized carbons (Fsp3) is 0.417. The highest BCUT2D eigenvalue weighted by atomic mass is 32.2. The zero-order valence-electron chi connectivity index (χ0n) is 10.4. The van der Waals surface area contributed by atoms with Gasteiger partial charge in [0.15, 0.2) is 9.84 Å². The molecule has 0 saturated heterocycles. The standard InChI is InChI=1S/C12H17NO4S/c1-3-18(16,17)7-6-13-11-5-4-10(12(14)15)8-9(11)2/h4-5,8,13H,3,6-7H2,1-2H3,(H,14,15). The molecule has 2 N–H and O–H groups in total. The smallest absolute Gasteiger partial charge is 0.335 e. The van der Waals surface area contributed by atoms with Crippen molar-refractivity contribution in [3.63, 3.8) is 0 Å². The van der Waals surface area contributed by atoms with Crippen molar-refractivity contribution >= 4 is 21.5 Å². The quantitative estimate of drug-likeness (QED) is 0.820. The van der Waals surface area contributed by atoms with Gasteiger partial charge in [0.25, 0.3) is 0 Å². The largest absolute Gasteiger partial charge is 0.478 e. The molecule has 0 amide bonds. The molecule has 1 aromatic carbocycles. The van der Waals surface area contributed by atoms with E-state index >= 15 is 0 Å². The number of aryl methyl sites for hydroxylation is 1. The van der Waals surface area contributed by atoms with Crippen LogP contribution in [0.15, 0.2) is 18.2 Å². The third-order valence-corrected chi connectivity index (χ3v) is 4.35. The van der Waals surface area contributed by atoms with Gasteiger partial charge in [0, 0.05) is 18.0 Å². The molecule has 0 heterocycles. The predicted octanol–water partition coefficient (Wildman–Crippen LogP) is 1.54. The topological polar surface area (TPSA) is 83.5 Å². The van der Waals surface area contributed by atoms with E-state index in [4.69, 9.17) is 5.11 Å². The monoisotopic (exact) mass is 271 g/mol. The number of rotatable bonds is 6. The van der Waals surface area contributed by atoms with E-state index in [1.807, 2.05) is 0 Å². The first kappa shape index (κ1) is 14.5. The summed E-state index contributed by atoms with van der Waals surface area (Å²) in [6.07, 6.45) is 0. The van der Waals surface area contributed by atoms with Gasteiger partial charge < -0.3 is 10.4 Å². The summed E-state index contributed by atoms with van der Waals surface area (Å²) in [5.41, 5.74) is 1.76. The van der Waals surface area contributed by atoms with Crippen molar-refractivity contribution in [1.82, 2.24) is 0 Å². The molecule has 100 valence electrons. The van der Waals surface area contributed by atoms with Crippen LogP contribution in [0.5, 0.6) is 0 Å². The van der Waals surface area contributed by atoms with Crippen LogP contribution in [0.3, 0.4) is 0 Å². The van der Waals surface area contributed by atoms with Gasteiger partial charge in [-0.1, -0.05) is 6.92 Å². The van der Waals surface area contributed by atoms with Gasteiger partial charge in [-0.15, -0.1) is 0 Å². The Hall–Kier alpha value is -1.56. The summed E-state index contributed by atoms with van der Waals surface area (Å²) in [6, 6.07) is 4.70. The van der Waals surface area contributed by atoms with Gasteiger partial charge in [-0.05, 0) is 30.7 Å². The first-order valence-electron chi connectivity index (χ1n) is 5.64. The molecular formula is C12H17NO4S. The number of hydrogen-bond acceptors (Lipinski definition) is 4. The highest BCUT2D eigenvalue weighted by molar-refractivity contribution is 7.91. The van der Waals surface area contributed by atoms with Gasteiger partial charge in [-0.2, -0.15) is 0 Å². The van der Waals surface area contributed by atoms with E-state index in [0.29, 0.717) is 6.54 Å². The van der Waals surface area contributed by atoms with Gasteiger partial charge in [-0.3, -0.25) is 0 Å². The van der Waals surface area contributed by atoms with E-state index < -0.39 is 15.8 Å². The molecule has 0 atom stereocenters. The molecule has 0 radical (unpaired) electrons. The van der Waals surface area contributed by atoms with E-state index in [0.717, 1.165) is 11.3 Å². The van der Waals surface area contributed by atoms with Gasteiger partial charge in [0.2, 0.25) is 0 Å². The third kappa shape index (κ3) is 4.03. The molecule has 1 rings (SSSR count). The highest BCUT2D eigenvalue weighted by Gasteiger charge is 2.08. The Bertz CT molecular complexity index is 537. The first-order valence-corrected chi connectivity index (χ1v) is 7.46. The zero-order valence-corrected chi connectivity index (χ0v) is 11.3. The summed E-state index contributed by atoms with van der Waals surface area (Å²) < 4.78 is 22.6. The van der Waals surface area contributed by atoms with Crippen molar-refractivity contribution in [2.75, 3.05) is 23.4 Å². The Morgan fingerprint density at radius 2 is 2.06 bits per heavy atom. The maximum Gasteiger partial charge on any atom is 0.335 e. The number of carbonyl (C=O) groups is 1. The van der Waals surface area contributed by atoms with Gasteiger partial charge in [-0.25, -0.2) is 13.2 Å². The summed E-state index contributed by atoms with van der Waals surface area (Å²) in [4.78, 5) is 10.7. The first-order chi connectivity index (χ1) is 8.35. The molecule has 0 saturated carbocycles. The Balaban J connectivity index is 2.67. The molecule has 0 aromatic heterocycles. The lowest BCUT2D eigenvalue weighted by molar-refractivity contribution is 0.0697. The number of hydrogen-bond donors (Lipinski definition) is 2. The van der Waals surface area contributed by atoms with E-state index in [1.165, 1.54) is 6.07 Å². The molecule has 5 nitrogen and oxygen atoms in total. The second kappa shape index (κ2) is 5.86. The van der Waals surface area contributed by atoms with Crippen LogP contribution in [0.2, 0.25) is 0 Å². The van der Waals surface area contributed by atoms with Crippen molar-refractivity contribution < 1.29 is 18.3 Å². The number of anilines is 1. The summed E-state index contributed by atoms with van der Waals surface area (Å²) >= 11 is 0. The lowest BCUT2D eigenvalue weighted by Crippen LogP contribution is -2.17. The van der Waals surface area contributed by atoms with E-state index in [2.05, 4.69) is 5.32 Å². The Morgan fingerprint density at radius 1 is 1.39 bits per heavy atom. The fourth-order valence-electron chi connectivity index (χ4n) is 1.48. The predicted molar refractivity (Wildman–Crippen MR) is 71.0 cm³/mol. The van der Waals surface area contributed by atoms with Crippen molar-refractivity contribution in [3.05, 3.63) is 29.3 Å². The van der Waals surface area contributed by atoms with Crippen molar-refractivity contribution in [3.8, 4) is 0 Å². The second-order valence-electron chi connectivity index (χ2n) is 4.00. The minimum atomic E-state index is -2.98. The molecule has 0 spiro atoms. The number of benzene rings is 1. The molecule has 0 aliphatic carbocycles. The molecule has 18 heavy (non-hydrogen) atoms. The van der Waals surface area contributed by atoms with Gasteiger partial charge in [0.05, 0.1) is 11.3 Å². The molecule has 0 unspecified atom stereocenters. The summed E-state index contributed by atoms with van der Waals surface area (Å²) in [6.45, 7) is 3.72. The Labute approximate surface area is 107 Å². The van der Waals surface area contributed by atoms with Gasteiger partial charge >= 0.3 is 5.97 Å². The minimum Gasteiger partial charge on any atom is -0.478 e. The Morgan fingerprint density at radius 3 is 2.56 bits per heavy atom. The molecule has 0 fully saturated rings. The molecule has 0 aliphatic rings. The van der Waals surface area contributed by atoms with Crippen LogP contribution in [0, 0.1) is 6.92 Å². The number of aromatic carboxylic acids is 1. The summed E-state index contributed by atoms with van der Waals surface area (Å²) in [7, 11) is -2.98. The van der Waals surface area contributed by atoms with Crippen LogP contribution >= 0.6 is 0 Å². The lowest BCUT2D eigenvalue weighted by Gasteiger charge is -2.10. The van der Waals surface area contributed by atoms with Crippen molar-refractivity contribution in [1.29, 1.82) is 0 Å². The van der Waals surface area contributed by atoms with E-state index in [9.17, 15) is 13.2 Å². The fourth-order valence-corrected chi connectivity index (χ4v) is 2.18. The Kier molecular flexibility index (Phi) is 4.72. The maximum absolute atomic E-state index is 11.3. The third-order valence-electron chi connectivity index (χ3n) is 2.64. The van der Waals surface area contributed by atoms with Crippen LogP contribution in [0.25, 0.3) is 0 Å². The highest BCUT2D eigenvalue weighted by Crippen LogP contribution is 2.16. The number of carboxylic acid groups (broad SMARTS) is 1. The zero-order chi connectivity index (χ0) is 13.8. The van der Waals surface area contributed by atoms with Gasteiger partial charge in [0.1, 0.15) is 0 Å². The number of carboxylic acids is 1. The molecule has 6 heteroatoms. The lowest BCUT2D eigenvalue weighted by atomic mass is 10.1. The summed E-state index contributed by atoms with van der Waals surface area (Å²) in [5.74, 6) is -0.770. The average molecular weight is 271 g/mol. The molecule has 0 bridgehead atoms. The normalized spacial score (nSPS) is 11.2. The van der Waals surface area contributed by atoms with Crippen LogP contribution in [0.4, 0.5) is 5.69 Å². The second-order valence-corrected chi connectivity index (χ2v) is 6.47. The average Bonchev–Trinajstić information content (AvgIpc) is 2.31. The van der Waals surface area contributed by atoms with Crippen LogP contribution < -0.4 is 5.32 Å². The number of nitrogens with one attached hydrogen (secondary N) is 1. The molecule has 0 aliphatic heterocycles. The molecular weight excluding hydrogens is 254 g/mol. The van der Waals surface area contributed by atoms with Crippen LogP contribution in [-0.4, -0.2) is 37.5 Å². The van der Waals surface area contributed by atoms with Crippen LogP contribution in [-0.2, 0) is 9.84 Å². The van der Waals surface area contributed by atoms with Crippen molar-refractivity contribution in [2.45, 2.75) is 13.8 Å². The number of sulfone groups is 1. The molecule has 1 aromatic rings. The minimum absolute atomic E-state index is 0.0730. The summed E-state index contributed by atoms with van der Waals surface area (Å²) in [5, 5.41) is 11.8. The van der Waals surface area contributed by atoms with Crippen LogP contribution in [0.1, 0.15) is 22.8 Å². The van der Waals surface area contributed by atoms with Crippen molar-refractivity contribution in [2.24, 2.45) is 0 Å². The maximum atomic E-state index is 11.3. The van der Waals surface area contributed by atoms with E-state index in [-0.39, 0.29) is 17.1 Å².